The minimum absolute atomic E-state index is 0.802. The molecule has 0 aromatic heterocycles. The van der Waals surface area contributed by atoms with Crippen molar-refractivity contribution in [1.82, 2.24) is 0 Å². The average Bonchev–Trinajstić information content (AvgIpc) is 2.12. The summed E-state index contributed by atoms with van der Waals surface area (Å²) in [5.74, 6) is -2.53. The number of hydrogen-bond donors (Lipinski definition) is 3. The van der Waals surface area contributed by atoms with Crippen molar-refractivity contribution in [1.29, 1.82) is 0 Å². The fourth-order valence-corrected chi connectivity index (χ4v) is 0.496. The molecule has 0 aliphatic carbocycles. The van der Waals surface area contributed by atoms with Crippen molar-refractivity contribution in [2.24, 2.45) is 0 Å². The number of hydrogen-bond acceptors (Lipinski definition) is 6. The van der Waals surface area contributed by atoms with Crippen molar-refractivity contribution in [3.8, 4) is 0 Å². The Balaban J connectivity index is 4.19. The summed E-state index contributed by atoms with van der Waals surface area (Å²) in [7, 11) is 0.971. The number of Topliss-reactive ketones (excluding diaryl/α,β-unsaturated/α-hetero) is 1. The molecule has 0 saturated heterocycles. The summed E-state index contributed by atoms with van der Waals surface area (Å²) in [5, 5.41) is 25.8. The lowest BCUT2D eigenvalue weighted by molar-refractivity contribution is -0.159. The molecule has 0 saturated carbocycles. The summed E-state index contributed by atoms with van der Waals surface area (Å²) in [6.07, 6.45) is -3.58. The first-order chi connectivity index (χ1) is 5.54. The molecule has 0 radical (unpaired) electrons. The van der Waals surface area contributed by atoms with Gasteiger partial charge in [0, 0.05) is 0 Å². The second-order valence-corrected chi connectivity index (χ2v) is 2.05. The van der Waals surface area contributed by atoms with Crippen LogP contribution in [-0.4, -0.2) is 53.0 Å². The number of aliphatic hydroxyl groups excluding tert-OH is 3. The Morgan fingerprint density at radius 1 is 1.42 bits per heavy atom. The molecule has 6 heteroatoms. The molecule has 0 heterocycles. The van der Waals surface area contributed by atoms with E-state index in [-0.39, 0.29) is 0 Å². The van der Waals surface area contributed by atoms with Crippen LogP contribution < -0.4 is 0 Å². The summed E-state index contributed by atoms with van der Waals surface area (Å²) in [6.45, 7) is -0.802. The zero-order valence-corrected chi connectivity index (χ0v) is 6.43. The van der Waals surface area contributed by atoms with E-state index in [0.29, 0.717) is 0 Å². The summed E-state index contributed by atoms with van der Waals surface area (Å²) in [6, 6.07) is 0. The second kappa shape index (κ2) is 4.81. The zero-order chi connectivity index (χ0) is 9.72. The number of methoxy groups -OCH3 is 1. The van der Waals surface area contributed by atoms with Crippen LogP contribution in [0.25, 0.3) is 0 Å². The Bertz CT molecular complexity index is 177. The van der Waals surface area contributed by atoms with Crippen LogP contribution in [0, 0.1) is 0 Å². The number of aliphatic hydroxyl groups is 3. The number of ketones is 1. The molecular formula is C6H10O6. The molecule has 0 aromatic carbocycles. The van der Waals surface area contributed by atoms with E-state index in [1.54, 1.807) is 0 Å². The SMILES string of the molecule is COC(=O)C(=O)[C@@H](O)C(O)CO. The van der Waals surface area contributed by atoms with Gasteiger partial charge in [-0.3, -0.25) is 4.79 Å². The monoisotopic (exact) mass is 178 g/mol. The normalized spacial score (nSPS) is 15.0. The van der Waals surface area contributed by atoms with E-state index in [0.717, 1.165) is 7.11 Å². The molecule has 70 valence electrons. The maximum atomic E-state index is 10.7. The highest BCUT2D eigenvalue weighted by atomic mass is 16.5. The Kier molecular flexibility index (Phi) is 4.42. The topological polar surface area (TPSA) is 104 Å². The molecule has 1 unspecified atom stereocenters. The highest BCUT2D eigenvalue weighted by Crippen LogP contribution is 1.95. The third kappa shape index (κ3) is 2.57. The van der Waals surface area contributed by atoms with Crippen LogP contribution in [0.4, 0.5) is 0 Å². The molecule has 0 aliphatic rings. The van der Waals surface area contributed by atoms with Gasteiger partial charge in [-0.2, -0.15) is 0 Å². The van der Waals surface area contributed by atoms with Gasteiger partial charge in [-0.15, -0.1) is 0 Å². The van der Waals surface area contributed by atoms with Crippen molar-refractivity contribution in [3.05, 3.63) is 0 Å². The van der Waals surface area contributed by atoms with Gasteiger partial charge in [0.15, 0.2) is 6.10 Å². The van der Waals surface area contributed by atoms with E-state index in [9.17, 15) is 9.59 Å². The molecule has 2 atom stereocenters. The van der Waals surface area contributed by atoms with E-state index in [1.807, 2.05) is 0 Å². The first-order valence-corrected chi connectivity index (χ1v) is 3.13. The summed E-state index contributed by atoms with van der Waals surface area (Å²) in [4.78, 5) is 21.1. The third-order valence-electron chi connectivity index (χ3n) is 1.21. The van der Waals surface area contributed by atoms with Crippen molar-refractivity contribution in [3.63, 3.8) is 0 Å². The van der Waals surface area contributed by atoms with Gasteiger partial charge in [0.25, 0.3) is 5.78 Å². The standard InChI is InChI=1S/C6H10O6/c1-12-6(11)5(10)4(9)3(8)2-7/h3-4,7-9H,2H2,1H3/t3?,4-/m0/s1. The lowest BCUT2D eigenvalue weighted by atomic mass is 10.1. The lowest BCUT2D eigenvalue weighted by Crippen LogP contribution is -2.40. The highest BCUT2D eigenvalue weighted by Gasteiger charge is 2.29. The van der Waals surface area contributed by atoms with E-state index >= 15 is 0 Å². The molecular weight excluding hydrogens is 168 g/mol. The lowest BCUT2D eigenvalue weighted by Gasteiger charge is -2.11. The summed E-state index contributed by atoms with van der Waals surface area (Å²) >= 11 is 0. The van der Waals surface area contributed by atoms with Crippen molar-refractivity contribution >= 4 is 11.8 Å². The van der Waals surface area contributed by atoms with E-state index in [4.69, 9.17) is 15.3 Å². The predicted molar refractivity (Wildman–Crippen MR) is 36.1 cm³/mol. The van der Waals surface area contributed by atoms with Crippen LogP contribution in [0.1, 0.15) is 0 Å². The third-order valence-corrected chi connectivity index (χ3v) is 1.21. The molecule has 0 aromatic rings. The van der Waals surface area contributed by atoms with Gasteiger partial charge in [0.05, 0.1) is 13.7 Å². The van der Waals surface area contributed by atoms with Crippen molar-refractivity contribution < 1.29 is 29.6 Å². The summed E-state index contributed by atoms with van der Waals surface area (Å²) in [5.41, 5.74) is 0. The van der Waals surface area contributed by atoms with Crippen LogP contribution in [0.3, 0.4) is 0 Å². The molecule has 0 fully saturated rings. The molecule has 0 spiro atoms. The fraction of sp³-hybridized carbons (Fsp3) is 0.667. The van der Waals surface area contributed by atoms with Crippen LogP contribution in [0.15, 0.2) is 0 Å². The molecule has 0 bridgehead atoms. The maximum absolute atomic E-state index is 10.7. The summed E-state index contributed by atoms with van der Waals surface area (Å²) < 4.78 is 3.99. The van der Waals surface area contributed by atoms with Gasteiger partial charge in [0.1, 0.15) is 6.10 Å². The maximum Gasteiger partial charge on any atom is 0.377 e. The molecule has 0 aliphatic heterocycles. The van der Waals surface area contributed by atoms with Gasteiger partial charge in [-0.25, -0.2) is 4.79 Å². The van der Waals surface area contributed by atoms with E-state index in [2.05, 4.69) is 4.74 Å². The number of carbonyl (C=O) groups excluding carboxylic acids is 2. The van der Waals surface area contributed by atoms with Gasteiger partial charge >= 0.3 is 5.97 Å². The van der Waals surface area contributed by atoms with Gasteiger partial charge in [-0.1, -0.05) is 0 Å². The highest BCUT2D eigenvalue weighted by molar-refractivity contribution is 6.35. The van der Waals surface area contributed by atoms with Crippen molar-refractivity contribution in [2.45, 2.75) is 12.2 Å². The van der Waals surface area contributed by atoms with Crippen molar-refractivity contribution in [2.75, 3.05) is 13.7 Å². The van der Waals surface area contributed by atoms with Crippen LogP contribution >= 0.6 is 0 Å². The number of esters is 1. The van der Waals surface area contributed by atoms with Crippen LogP contribution in [-0.2, 0) is 14.3 Å². The predicted octanol–water partition coefficient (Wildman–Crippen LogP) is -2.56. The first kappa shape index (κ1) is 11.0. The molecule has 0 rings (SSSR count). The van der Waals surface area contributed by atoms with Crippen LogP contribution in [0.2, 0.25) is 0 Å². The first-order valence-electron chi connectivity index (χ1n) is 3.13. The van der Waals surface area contributed by atoms with Gasteiger partial charge in [-0.05, 0) is 0 Å². The fourth-order valence-electron chi connectivity index (χ4n) is 0.496. The van der Waals surface area contributed by atoms with E-state index < -0.39 is 30.6 Å². The Hall–Kier alpha value is -0.980. The minimum atomic E-state index is -1.93. The molecule has 12 heavy (non-hydrogen) atoms. The zero-order valence-electron chi connectivity index (χ0n) is 6.43. The van der Waals surface area contributed by atoms with Gasteiger partial charge in [0.2, 0.25) is 0 Å². The number of ether oxygens (including phenoxy) is 1. The van der Waals surface area contributed by atoms with E-state index in [1.165, 1.54) is 0 Å². The average molecular weight is 178 g/mol. The number of carbonyl (C=O) groups is 2. The Morgan fingerprint density at radius 2 is 1.92 bits per heavy atom. The Labute approximate surface area is 68.4 Å². The smallest absolute Gasteiger partial charge is 0.377 e. The quantitative estimate of drug-likeness (QED) is 0.323. The molecule has 3 N–H and O–H groups in total. The van der Waals surface area contributed by atoms with Crippen LogP contribution in [0.5, 0.6) is 0 Å². The Morgan fingerprint density at radius 3 is 2.25 bits per heavy atom. The second-order valence-electron chi connectivity index (χ2n) is 2.05. The minimum Gasteiger partial charge on any atom is -0.463 e. The van der Waals surface area contributed by atoms with Gasteiger partial charge < -0.3 is 20.1 Å². The largest absolute Gasteiger partial charge is 0.463 e. The number of rotatable bonds is 4. The molecule has 0 amide bonds. The molecule has 6 nitrogen and oxygen atoms in total.